The van der Waals surface area contributed by atoms with Crippen LogP contribution in [0.4, 0.5) is 4.39 Å². The summed E-state index contributed by atoms with van der Waals surface area (Å²) in [5, 5.41) is 2.84. The lowest BCUT2D eigenvalue weighted by Gasteiger charge is -2.23. The highest BCUT2D eigenvalue weighted by Crippen LogP contribution is 2.19. The van der Waals surface area contributed by atoms with Gasteiger partial charge in [-0.2, -0.15) is 0 Å². The highest BCUT2D eigenvalue weighted by molar-refractivity contribution is 4.69. The number of halogens is 1. The summed E-state index contributed by atoms with van der Waals surface area (Å²) in [6.45, 7) is 2.08. The second-order valence-electron chi connectivity index (χ2n) is 3.47. The van der Waals surface area contributed by atoms with Crippen molar-refractivity contribution in [2.75, 3.05) is 26.8 Å². The minimum absolute atomic E-state index is 0.446. The zero-order chi connectivity index (χ0) is 8.81. The molecule has 1 aliphatic heterocycles. The van der Waals surface area contributed by atoms with Crippen LogP contribution in [0, 0.1) is 5.92 Å². The van der Waals surface area contributed by atoms with Crippen molar-refractivity contribution in [2.45, 2.75) is 25.4 Å². The summed E-state index contributed by atoms with van der Waals surface area (Å²) in [4.78, 5) is 0. The van der Waals surface area contributed by atoms with E-state index in [0.717, 1.165) is 26.1 Å². The van der Waals surface area contributed by atoms with Gasteiger partial charge in [-0.05, 0) is 32.2 Å². The second kappa shape index (κ2) is 5.49. The largest absolute Gasteiger partial charge is 0.381 e. The van der Waals surface area contributed by atoms with Crippen LogP contribution in [0.15, 0.2) is 0 Å². The monoisotopic (exact) mass is 175 g/mol. The van der Waals surface area contributed by atoms with Gasteiger partial charge < -0.3 is 10.1 Å². The number of alkyl halides is 1. The molecule has 0 radical (unpaired) electrons. The molecule has 0 bridgehead atoms. The van der Waals surface area contributed by atoms with E-state index in [1.54, 1.807) is 7.05 Å². The van der Waals surface area contributed by atoms with Gasteiger partial charge in [0.1, 0.15) is 6.17 Å². The van der Waals surface area contributed by atoms with Gasteiger partial charge in [-0.1, -0.05) is 0 Å². The molecule has 72 valence electrons. The van der Waals surface area contributed by atoms with Crippen LogP contribution in [0.3, 0.4) is 0 Å². The second-order valence-corrected chi connectivity index (χ2v) is 3.47. The average Bonchev–Trinajstić information content (AvgIpc) is 2.06. The summed E-state index contributed by atoms with van der Waals surface area (Å²) >= 11 is 0. The molecule has 0 aromatic heterocycles. The fourth-order valence-corrected chi connectivity index (χ4v) is 1.66. The Morgan fingerprint density at radius 2 is 2.50 bits per heavy atom. The fraction of sp³-hybridized carbons (Fsp3) is 1.00. The molecular weight excluding hydrogens is 157 g/mol. The Morgan fingerprint density at radius 1 is 1.67 bits per heavy atom. The number of hydrogen-bond acceptors (Lipinski definition) is 2. The lowest BCUT2D eigenvalue weighted by atomic mass is 9.96. The first-order valence-electron chi connectivity index (χ1n) is 4.69. The van der Waals surface area contributed by atoms with Crippen LogP contribution in [-0.4, -0.2) is 33.0 Å². The number of ether oxygens (including phenoxy) is 1. The van der Waals surface area contributed by atoms with Gasteiger partial charge in [-0.25, -0.2) is 4.39 Å². The predicted octanol–water partition coefficient (Wildman–Crippen LogP) is 1.36. The van der Waals surface area contributed by atoms with Crippen molar-refractivity contribution >= 4 is 0 Å². The summed E-state index contributed by atoms with van der Waals surface area (Å²) < 4.78 is 18.3. The van der Waals surface area contributed by atoms with Crippen molar-refractivity contribution in [3.63, 3.8) is 0 Å². The van der Waals surface area contributed by atoms with Gasteiger partial charge in [-0.3, -0.25) is 0 Å². The number of nitrogens with one attached hydrogen (secondary N) is 1. The molecule has 1 heterocycles. The first-order chi connectivity index (χ1) is 5.83. The number of rotatable bonds is 4. The summed E-state index contributed by atoms with van der Waals surface area (Å²) in [5.74, 6) is 0.446. The average molecular weight is 175 g/mol. The van der Waals surface area contributed by atoms with Crippen molar-refractivity contribution in [1.82, 2.24) is 5.32 Å². The minimum Gasteiger partial charge on any atom is -0.381 e. The summed E-state index contributed by atoms with van der Waals surface area (Å²) in [5.41, 5.74) is 0. The van der Waals surface area contributed by atoms with Crippen molar-refractivity contribution in [3.05, 3.63) is 0 Å². The Bertz CT molecular complexity index is 115. The van der Waals surface area contributed by atoms with E-state index in [0.29, 0.717) is 18.9 Å². The Hall–Kier alpha value is -0.150. The highest BCUT2D eigenvalue weighted by atomic mass is 19.1. The van der Waals surface area contributed by atoms with Crippen LogP contribution in [-0.2, 0) is 4.74 Å². The molecule has 0 aromatic rings. The van der Waals surface area contributed by atoms with Crippen LogP contribution < -0.4 is 5.32 Å². The Morgan fingerprint density at radius 3 is 3.08 bits per heavy atom. The van der Waals surface area contributed by atoms with Gasteiger partial charge in [0, 0.05) is 19.8 Å². The molecule has 1 rings (SSSR count). The standard InChI is InChI=1S/C9H18FNO/c1-11-6-9(10)5-8-3-2-4-12-7-8/h8-9,11H,2-7H2,1H3. The van der Waals surface area contributed by atoms with E-state index in [4.69, 9.17) is 4.74 Å². The maximum atomic E-state index is 13.1. The van der Waals surface area contributed by atoms with Gasteiger partial charge in [0.05, 0.1) is 0 Å². The molecule has 0 aromatic carbocycles. The lowest BCUT2D eigenvalue weighted by molar-refractivity contribution is 0.0418. The van der Waals surface area contributed by atoms with Crippen LogP contribution in [0.5, 0.6) is 0 Å². The van der Waals surface area contributed by atoms with E-state index in [2.05, 4.69) is 5.32 Å². The van der Waals surface area contributed by atoms with Gasteiger partial charge in [0.15, 0.2) is 0 Å². The van der Waals surface area contributed by atoms with Crippen molar-refractivity contribution < 1.29 is 9.13 Å². The molecule has 3 heteroatoms. The molecule has 0 saturated carbocycles. The third kappa shape index (κ3) is 3.50. The molecule has 1 saturated heterocycles. The van der Waals surface area contributed by atoms with Crippen molar-refractivity contribution in [1.29, 1.82) is 0 Å². The van der Waals surface area contributed by atoms with Crippen LogP contribution >= 0.6 is 0 Å². The quantitative estimate of drug-likeness (QED) is 0.696. The normalized spacial score (nSPS) is 27.0. The number of hydrogen-bond donors (Lipinski definition) is 1. The van der Waals surface area contributed by atoms with E-state index in [1.807, 2.05) is 0 Å². The van der Waals surface area contributed by atoms with Crippen molar-refractivity contribution in [2.24, 2.45) is 5.92 Å². The molecule has 2 unspecified atom stereocenters. The molecule has 1 aliphatic rings. The molecular formula is C9H18FNO. The lowest BCUT2D eigenvalue weighted by Crippen LogP contribution is -2.26. The van der Waals surface area contributed by atoms with Crippen molar-refractivity contribution in [3.8, 4) is 0 Å². The maximum absolute atomic E-state index is 13.1. The summed E-state index contributed by atoms with van der Waals surface area (Å²) in [7, 11) is 1.78. The van der Waals surface area contributed by atoms with E-state index >= 15 is 0 Å². The zero-order valence-corrected chi connectivity index (χ0v) is 7.68. The van der Waals surface area contributed by atoms with Crippen LogP contribution in [0.2, 0.25) is 0 Å². The van der Waals surface area contributed by atoms with E-state index in [1.165, 1.54) is 0 Å². The summed E-state index contributed by atoms with van der Waals surface area (Å²) in [6.07, 6.45) is 2.17. The molecule has 0 spiro atoms. The summed E-state index contributed by atoms with van der Waals surface area (Å²) in [6, 6.07) is 0. The molecule has 1 fully saturated rings. The fourth-order valence-electron chi connectivity index (χ4n) is 1.66. The SMILES string of the molecule is CNCC(F)CC1CCCOC1. The molecule has 0 aliphatic carbocycles. The topological polar surface area (TPSA) is 21.3 Å². The minimum atomic E-state index is -0.707. The van der Waals surface area contributed by atoms with Crippen LogP contribution in [0.25, 0.3) is 0 Å². The van der Waals surface area contributed by atoms with Gasteiger partial charge in [-0.15, -0.1) is 0 Å². The third-order valence-electron chi connectivity index (χ3n) is 2.27. The van der Waals surface area contributed by atoms with Crippen LogP contribution in [0.1, 0.15) is 19.3 Å². The molecule has 0 amide bonds. The van der Waals surface area contributed by atoms with Gasteiger partial charge in [0.25, 0.3) is 0 Å². The third-order valence-corrected chi connectivity index (χ3v) is 2.27. The first kappa shape index (κ1) is 9.93. The Kier molecular flexibility index (Phi) is 4.54. The zero-order valence-electron chi connectivity index (χ0n) is 7.68. The van der Waals surface area contributed by atoms with E-state index < -0.39 is 6.17 Å². The predicted molar refractivity (Wildman–Crippen MR) is 47.0 cm³/mol. The van der Waals surface area contributed by atoms with Gasteiger partial charge >= 0.3 is 0 Å². The molecule has 2 nitrogen and oxygen atoms in total. The van der Waals surface area contributed by atoms with Gasteiger partial charge in [0.2, 0.25) is 0 Å². The Balaban J connectivity index is 2.11. The molecule has 1 N–H and O–H groups in total. The first-order valence-corrected chi connectivity index (χ1v) is 4.69. The van der Waals surface area contributed by atoms with E-state index in [-0.39, 0.29) is 0 Å². The Labute approximate surface area is 73.5 Å². The molecule has 12 heavy (non-hydrogen) atoms. The maximum Gasteiger partial charge on any atom is 0.113 e. The highest BCUT2D eigenvalue weighted by Gasteiger charge is 2.18. The molecule has 2 atom stereocenters. The van der Waals surface area contributed by atoms with E-state index in [9.17, 15) is 4.39 Å². The smallest absolute Gasteiger partial charge is 0.113 e.